The Bertz CT molecular complexity index is 569. The Morgan fingerprint density at radius 1 is 1.30 bits per heavy atom. The van der Waals surface area contributed by atoms with Crippen LogP contribution in [0, 0.1) is 5.92 Å². The molecule has 0 saturated heterocycles. The third-order valence-corrected chi connectivity index (χ3v) is 3.20. The molecule has 1 aliphatic heterocycles. The highest BCUT2D eigenvalue weighted by Crippen LogP contribution is 2.36. The van der Waals surface area contributed by atoms with E-state index in [0.29, 0.717) is 6.54 Å². The van der Waals surface area contributed by atoms with Crippen molar-refractivity contribution in [2.45, 2.75) is 13.1 Å². The molecule has 1 aromatic carbocycles. The number of hydrogen-bond donors (Lipinski definition) is 1. The van der Waals surface area contributed by atoms with Gasteiger partial charge < -0.3 is 10.6 Å². The number of carbonyl (C=O) groups is 2. The number of carbonyl (C=O) groups excluding carboxylic acids is 2. The number of Topliss-reactive ketones (excluding diaryl/α,β-unsaturated/α-hetero) is 1. The molecule has 0 aliphatic carbocycles. The summed E-state index contributed by atoms with van der Waals surface area (Å²) in [4.78, 5) is 24.8. The van der Waals surface area contributed by atoms with Gasteiger partial charge in [-0.15, -0.1) is 0 Å². The lowest BCUT2D eigenvalue weighted by Gasteiger charge is -2.20. The van der Waals surface area contributed by atoms with E-state index in [4.69, 9.17) is 5.73 Å². The van der Waals surface area contributed by atoms with E-state index >= 15 is 0 Å². The van der Waals surface area contributed by atoms with Gasteiger partial charge in [0.2, 0.25) is 0 Å². The maximum Gasteiger partial charge on any atom is 0.416 e. The van der Waals surface area contributed by atoms with Crippen molar-refractivity contribution in [3.63, 3.8) is 0 Å². The van der Waals surface area contributed by atoms with Gasteiger partial charge in [-0.2, -0.15) is 13.2 Å². The minimum atomic E-state index is -4.55. The molecule has 0 fully saturated rings. The van der Waals surface area contributed by atoms with E-state index in [0.717, 1.165) is 18.2 Å². The summed E-state index contributed by atoms with van der Waals surface area (Å²) in [7, 11) is 0. The molecule has 108 valence electrons. The van der Waals surface area contributed by atoms with Crippen LogP contribution in [-0.4, -0.2) is 24.8 Å². The molecule has 2 N–H and O–H groups in total. The van der Waals surface area contributed by atoms with Crippen LogP contribution in [0.3, 0.4) is 0 Å². The van der Waals surface area contributed by atoms with Crippen LogP contribution in [-0.2, 0) is 11.0 Å². The average molecular weight is 286 g/mol. The van der Waals surface area contributed by atoms with Gasteiger partial charge in [0.05, 0.1) is 16.8 Å². The van der Waals surface area contributed by atoms with Crippen molar-refractivity contribution >= 4 is 17.4 Å². The lowest BCUT2D eigenvalue weighted by atomic mass is 10.1. The van der Waals surface area contributed by atoms with Crippen molar-refractivity contribution in [1.29, 1.82) is 0 Å². The van der Waals surface area contributed by atoms with E-state index < -0.39 is 23.4 Å². The van der Waals surface area contributed by atoms with Crippen LogP contribution in [0.5, 0.6) is 0 Å². The molecule has 1 aromatic rings. The van der Waals surface area contributed by atoms with Gasteiger partial charge in [-0.25, -0.2) is 0 Å². The third-order valence-electron chi connectivity index (χ3n) is 3.20. The van der Waals surface area contributed by atoms with Gasteiger partial charge in [-0.3, -0.25) is 9.59 Å². The quantitative estimate of drug-likeness (QED) is 0.862. The number of nitrogens with zero attached hydrogens (tertiary/aromatic N) is 1. The second kappa shape index (κ2) is 4.90. The van der Waals surface area contributed by atoms with Gasteiger partial charge in [0.1, 0.15) is 0 Å². The van der Waals surface area contributed by atoms with Crippen molar-refractivity contribution in [2.75, 3.05) is 18.0 Å². The minimum absolute atomic E-state index is 0.0556. The fraction of sp³-hybridized carbons (Fsp3) is 0.385. The van der Waals surface area contributed by atoms with Crippen LogP contribution in [0.1, 0.15) is 22.8 Å². The highest BCUT2D eigenvalue weighted by Gasteiger charge is 2.39. The zero-order valence-corrected chi connectivity index (χ0v) is 10.7. The highest BCUT2D eigenvalue weighted by molar-refractivity contribution is 6.52. The Hall–Kier alpha value is -1.89. The smallest absolute Gasteiger partial charge is 0.330 e. The second-order valence-electron chi connectivity index (χ2n) is 4.82. The van der Waals surface area contributed by atoms with Crippen LogP contribution in [0.15, 0.2) is 18.2 Å². The maximum absolute atomic E-state index is 12.6. The molecule has 1 atom stereocenters. The number of halogens is 3. The molecule has 0 radical (unpaired) electrons. The number of alkyl halides is 3. The number of benzene rings is 1. The van der Waals surface area contributed by atoms with E-state index in [1.807, 2.05) is 0 Å². The molecule has 4 nitrogen and oxygen atoms in total. The lowest BCUT2D eigenvalue weighted by molar-refractivity contribution is -0.137. The van der Waals surface area contributed by atoms with Crippen LogP contribution in [0.2, 0.25) is 0 Å². The summed E-state index contributed by atoms with van der Waals surface area (Å²) in [6, 6.07) is 2.75. The number of nitrogens with two attached hydrogens (primary N) is 1. The number of hydrogen-bond acceptors (Lipinski definition) is 3. The van der Waals surface area contributed by atoms with E-state index in [1.54, 1.807) is 6.92 Å². The van der Waals surface area contributed by atoms with Crippen molar-refractivity contribution in [3.05, 3.63) is 29.3 Å². The van der Waals surface area contributed by atoms with Crippen molar-refractivity contribution in [3.8, 4) is 0 Å². The summed E-state index contributed by atoms with van der Waals surface area (Å²) < 4.78 is 37.8. The molecule has 20 heavy (non-hydrogen) atoms. The van der Waals surface area contributed by atoms with Crippen molar-refractivity contribution in [2.24, 2.45) is 11.7 Å². The fourth-order valence-electron chi connectivity index (χ4n) is 2.04. The summed E-state index contributed by atoms with van der Waals surface area (Å²) in [5.74, 6) is -1.77. The SMILES string of the molecule is CC(CN)CN1C(=O)C(=O)c2cc(C(F)(F)F)ccc21. The Morgan fingerprint density at radius 3 is 2.50 bits per heavy atom. The first-order valence-electron chi connectivity index (χ1n) is 6.03. The van der Waals surface area contributed by atoms with E-state index in [2.05, 4.69) is 0 Å². The first-order valence-corrected chi connectivity index (χ1v) is 6.03. The molecular weight excluding hydrogens is 273 g/mol. The van der Waals surface area contributed by atoms with E-state index in [-0.39, 0.29) is 23.7 Å². The number of anilines is 1. The molecular formula is C13H13F3N2O2. The second-order valence-corrected chi connectivity index (χ2v) is 4.82. The van der Waals surface area contributed by atoms with Gasteiger partial charge in [0, 0.05) is 6.54 Å². The Morgan fingerprint density at radius 2 is 1.95 bits per heavy atom. The van der Waals surface area contributed by atoms with Gasteiger partial charge >= 0.3 is 6.18 Å². The normalized spacial score (nSPS) is 16.6. The maximum atomic E-state index is 12.6. The topological polar surface area (TPSA) is 63.4 Å². The summed E-state index contributed by atoms with van der Waals surface area (Å²) in [5.41, 5.74) is 4.54. The zero-order chi connectivity index (χ0) is 15.1. The number of amides is 1. The first-order chi connectivity index (χ1) is 9.25. The van der Waals surface area contributed by atoms with Crippen LogP contribution < -0.4 is 10.6 Å². The first kappa shape index (κ1) is 14.5. The standard InChI is InChI=1S/C13H13F3N2O2/c1-7(5-17)6-18-10-3-2-8(13(14,15)16)4-9(10)11(19)12(18)20/h2-4,7H,5-6,17H2,1H3. The molecule has 1 unspecified atom stereocenters. The Kier molecular flexibility index (Phi) is 3.56. The molecule has 0 saturated carbocycles. The number of rotatable bonds is 3. The Balaban J connectivity index is 2.42. The van der Waals surface area contributed by atoms with Gasteiger partial charge in [-0.1, -0.05) is 6.92 Å². The predicted octanol–water partition coefficient (Wildman–Crippen LogP) is 1.83. The molecule has 0 spiro atoms. The third kappa shape index (κ3) is 2.40. The van der Waals surface area contributed by atoms with E-state index in [1.165, 1.54) is 4.90 Å². The van der Waals surface area contributed by atoms with Crippen LogP contribution >= 0.6 is 0 Å². The summed E-state index contributed by atoms with van der Waals surface area (Å²) in [6.45, 7) is 2.31. The van der Waals surface area contributed by atoms with Crippen molar-refractivity contribution < 1.29 is 22.8 Å². The summed E-state index contributed by atoms with van der Waals surface area (Å²) >= 11 is 0. The summed E-state index contributed by atoms with van der Waals surface area (Å²) in [6.07, 6.45) is -4.55. The zero-order valence-electron chi connectivity index (χ0n) is 10.7. The fourth-order valence-corrected chi connectivity index (χ4v) is 2.04. The van der Waals surface area contributed by atoms with Crippen LogP contribution in [0.4, 0.5) is 18.9 Å². The summed E-state index contributed by atoms with van der Waals surface area (Å²) in [5, 5.41) is 0. The predicted molar refractivity (Wildman–Crippen MR) is 66.3 cm³/mol. The van der Waals surface area contributed by atoms with Crippen molar-refractivity contribution in [1.82, 2.24) is 0 Å². The molecule has 0 bridgehead atoms. The largest absolute Gasteiger partial charge is 0.416 e. The average Bonchev–Trinajstić information content (AvgIpc) is 2.62. The molecule has 1 amide bonds. The van der Waals surface area contributed by atoms with Gasteiger partial charge in [0.25, 0.3) is 11.7 Å². The minimum Gasteiger partial charge on any atom is -0.330 e. The number of fused-ring (bicyclic) bond motifs is 1. The molecule has 1 aliphatic rings. The molecule has 0 aromatic heterocycles. The van der Waals surface area contributed by atoms with E-state index in [9.17, 15) is 22.8 Å². The van der Waals surface area contributed by atoms with Gasteiger partial charge in [-0.05, 0) is 30.7 Å². The van der Waals surface area contributed by atoms with Gasteiger partial charge in [0.15, 0.2) is 0 Å². The van der Waals surface area contributed by atoms with Crippen LogP contribution in [0.25, 0.3) is 0 Å². The number of ketones is 1. The highest BCUT2D eigenvalue weighted by atomic mass is 19.4. The molecule has 7 heteroatoms. The molecule has 2 rings (SSSR count). The Labute approximate surface area is 113 Å². The molecule has 1 heterocycles. The lowest BCUT2D eigenvalue weighted by Crippen LogP contribution is -2.35. The monoisotopic (exact) mass is 286 g/mol.